The summed E-state index contributed by atoms with van der Waals surface area (Å²) in [5.41, 5.74) is 2.79. The number of fused-ring (bicyclic) bond motifs is 2. The van der Waals surface area contributed by atoms with Gasteiger partial charge in [-0.2, -0.15) is 0 Å². The number of unbranched alkanes of at least 4 members (excludes halogenated alkanes) is 1. The topological polar surface area (TPSA) is 62.1 Å². The minimum atomic E-state index is -0.333. The predicted molar refractivity (Wildman–Crippen MR) is 126 cm³/mol. The highest BCUT2D eigenvalue weighted by Crippen LogP contribution is 2.33. The van der Waals surface area contributed by atoms with Crippen LogP contribution in [0.1, 0.15) is 54.1 Å². The first kappa shape index (κ1) is 23.4. The standard InChI is InChI=1S/C25H25F2N3O2.ClH/c26-17-5-7-22-20(13-17)21(15-28-22)23(31)3-1-2-10-30-11-8-16(9-12-30)25-19-6-4-18(27)14-24(19)32-29-25;/h4-7,13-16,28H,1-3,8-12H2;1H. The molecular formula is C25H26ClF2N3O2. The molecule has 2 aromatic heterocycles. The number of benzene rings is 2. The molecule has 5 nitrogen and oxygen atoms in total. The molecular weight excluding hydrogens is 448 g/mol. The van der Waals surface area contributed by atoms with Crippen LogP contribution >= 0.6 is 12.4 Å². The number of nitrogens with zero attached hydrogens (tertiary/aromatic N) is 2. The van der Waals surface area contributed by atoms with Crippen LogP contribution < -0.4 is 0 Å². The molecule has 33 heavy (non-hydrogen) atoms. The Balaban J connectivity index is 0.00000259. The molecule has 0 atom stereocenters. The van der Waals surface area contributed by atoms with Crippen LogP contribution in [0.3, 0.4) is 0 Å². The summed E-state index contributed by atoms with van der Waals surface area (Å²) in [6.45, 7) is 2.89. The molecule has 0 bridgehead atoms. The van der Waals surface area contributed by atoms with Crippen molar-refractivity contribution in [3.05, 3.63) is 65.5 Å². The van der Waals surface area contributed by atoms with E-state index >= 15 is 0 Å². The molecule has 174 valence electrons. The molecule has 1 fully saturated rings. The number of H-pyrrole nitrogens is 1. The predicted octanol–water partition coefficient (Wildman–Crippen LogP) is 6.24. The number of piperidine rings is 1. The molecule has 0 unspecified atom stereocenters. The number of likely N-dealkylation sites (tertiary alicyclic amines) is 1. The van der Waals surface area contributed by atoms with Crippen molar-refractivity contribution in [2.75, 3.05) is 19.6 Å². The van der Waals surface area contributed by atoms with Gasteiger partial charge in [0.05, 0.1) is 5.69 Å². The number of aromatic amines is 1. The van der Waals surface area contributed by atoms with Crippen molar-refractivity contribution in [3.8, 4) is 0 Å². The number of aromatic nitrogens is 2. The van der Waals surface area contributed by atoms with Crippen LogP contribution in [0.5, 0.6) is 0 Å². The number of carbonyl (C=O) groups is 1. The summed E-state index contributed by atoms with van der Waals surface area (Å²) in [6, 6.07) is 9.05. The Hall–Kier alpha value is -2.77. The number of hydrogen-bond donors (Lipinski definition) is 1. The van der Waals surface area contributed by atoms with E-state index in [4.69, 9.17) is 4.52 Å². The van der Waals surface area contributed by atoms with E-state index < -0.39 is 0 Å². The molecule has 0 spiro atoms. The number of carbonyl (C=O) groups excluding carboxylic acids is 1. The lowest BCUT2D eigenvalue weighted by atomic mass is 9.91. The van der Waals surface area contributed by atoms with E-state index in [0.29, 0.717) is 28.9 Å². The van der Waals surface area contributed by atoms with Gasteiger partial charge in [-0.1, -0.05) is 5.16 Å². The summed E-state index contributed by atoms with van der Waals surface area (Å²) in [4.78, 5) is 18.1. The smallest absolute Gasteiger partial charge is 0.170 e. The summed E-state index contributed by atoms with van der Waals surface area (Å²) >= 11 is 0. The molecule has 0 aliphatic carbocycles. The zero-order valence-electron chi connectivity index (χ0n) is 18.2. The van der Waals surface area contributed by atoms with Crippen LogP contribution in [0.4, 0.5) is 8.78 Å². The van der Waals surface area contributed by atoms with Crippen molar-refractivity contribution in [3.63, 3.8) is 0 Å². The van der Waals surface area contributed by atoms with E-state index in [-0.39, 0.29) is 29.8 Å². The monoisotopic (exact) mass is 473 g/mol. The summed E-state index contributed by atoms with van der Waals surface area (Å²) in [7, 11) is 0. The van der Waals surface area contributed by atoms with Crippen molar-refractivity contribution in [1.29, 1.82) is 0 Å². The number of halogens is 3. The van der Waals surface area contributed by atoms with E-state index in [1.165, 1.54) is 24.3 Å². The lowest BCUT2D eigenvalue weighted by Gasteiger charge is -2.31. The summed E-state index contributed by atoms with van der Waals surface area (Å²) in [5, 5.41) is 5.76. The molecule has 1 aliphatic rings. The van der Waals surface area contributed by atoms with Gasteiger partial charge in [0.1, 0.15) is 11.6 Å². The minimum absolute atomic E-state index is 0. The Morgan fingerprint density at radius 2 is 1.82 bits per heavy atom. The van der Waals surface area contributed by atoms with Gasteiger partial charge in [-0.25, -0.2) is 8.78 Å². The fourth-order valence-electron chi connectivity index (χ4n) is 4.73. The van der Waals surface area contributed by atoms with Gasteiger partial charge in [-0.3, -0.25) is 4.79 Å². The van der Waals surface area contributed by atoms with Gasteiger partial charge in [0.2, 0.25) is 0 Å². The van der Waals surface area contributed by atoms with Gasteiger partial charge >= 0.3 is 0 Å². The van der Waals surface area contributed by atoms with E-state index in [2.05, 4.69) is 15.0 Å². The minimum Gasteiger partial charge on any atom is -0.360 e. The fraction of sp³-hybridized carbons (Fsp3) is 0.360. The molecule has 0 radical (unpaired) electrons. The second kappa shape index (κ2) is 10.0. The molecule has 1 saturated heterocycles. The van der Waals surface area contributed by atoms with E-state index in [9.17, 15) is 13.6 Å². The Morgan fingerprint density at radius 1 is 1.06 bits per heavy atom. The van der Waals surface area contributed by atoms with Gasteiger partial charge in [-0.15, -0.1) is 12.4 Å². The van der Waals surface area contributed by atoms with Gasteiger partial charge < -0.3 is 14.4 Å². The van der Waals surface area contributed by atoms with Gasteiger partial charge in [-0.05, 0) is 75.6 Å². The quantitative estimate of drug-likeness (QED) is 0.255. The van der Waals surface area contributed by atoms with Crippen molar-refractivity contribution in [2.24, 2.45) is 0 Å². The van der Waals surface area contributed by atoms with Crippen LogP contribution in [0, 0.1) is 11.6 Å². The first-order chi connectivity index (χ1) is 15.6. The third-order valence-electron chi connectivity index (χ3n) is 6.51. The van der Waals surface area contributed by atoms with Crippen LogP contribution in [0.25, 0.3) is 21.9 Å². The van der Waals surface area contributed by atoms with Crippen molar-refractivity contribution in [1.82, 2.24) is 15.0 Å². The van der Waals surface area contributed by atoms with Gasteiger partial charge in [0.25, 0.3) is 0 Å². The van der Waals surface area contributed by atoms with Crippen molar-refractivity contribution >= 4 is 40.1 Å². The van der Waals surface area contributed by atoms with Gasteiger partial charge in [0.15, 0.2) is 11.4 Å². The highest BCUT2D eigenvalue weighted by Gasteiger charge is 2.25. The number of rotatable bonds is 7. The average molecular weight is 474 g/mol. The van der Waals surface area contributed by atoms with Crippen LogP contribution in [0.2, 0.25) is 0 Å². The zero-order valence-corrected chi connectivity index (χ0v) is 19.0. The van der Waals surface area contributed by atoms with E-state index in [1.807, 2.05) is 0 Å². The maximum absolute atomic E-state index is 13.5. The molecule has 4 aromatic rings. The molecule has 1 aliphatic heterocycles. The molecule has 2 aromatic carbocycles. The first-order valence-electron chi connectivity index (χ1n) is 11.2. The fourth-order valence-corrected chi connectivity index (χ4v) is 4.73. The molecule has 5 rings (SSSR count). The maximum Gasteiger partial charge on any atom is 0.170 e. The molecule has 0 amide bonds. The lowest BCUT2D eigenvalue weighted by Crippen LogP contribution is -2.33. The Kier molecular flexibility index (Phi) is 7.10. The zero-order chi connectivity index (χ0) is 22.1. The normalized spacial score (nSPS) is 15.2. The number of Topliss-reactive ketones (excluding diaryl/α,β-unsaturated/α-hetero) is 1. The Bertz CT molecular complexity index is 1260. The van der Waals surface area contributed by atoms with Crippen LogP contribution in [-0.4, -0.2) is 40.5 Å². The first-order valence-corrected chi connectivity index (χ1v) is 11.2. The molecule has 8 heteroatoms. The Labute approximate surface area is 196 Å². The highest BCUT2D eigenvalue weighted by atomic mass is 35.5. The van der Waals surface area contributed by atoms with Gasteiger partial charge in [0, 0.05) is 46.5 Å². The Morgan fingerprint density at radius 3 is 2.64 bits per heavy atom. The van der Waals surface area contributed by atoms with Crippen molar-refractivity contribution < 1.29 is 18.1 Å². The number of ketones is 1. The van der Waals surface area contributed by atoms with Crippen LogP contribution in [-0.2, 0) is 0 Å². The van der Waals surface area contributed by atoms with Crippen LogP contribution in [0.15, 0.2) is 47.1 Å². The lowest BCUT2D eigenvalue weighted by molar-refractivity contribution is 0.0978. The molecule has 3 heterocycles. The summed E-state index contributed by atoms with van der Waals surface area (Å²) in [5.74, 6) is -0.276. The SMILES string of the molecule is Cl.O=C(CCCCN1CCC(c2noc3cc(F)ccc23)CC1)c1c[nH]c2ccc(F)cc12. The third kappa shape index (κ3) is 4.94. The molecule has 1 N–H and O–H groups in total. The van der Waals surface area contributed by atoms with E-state index in [0.717, 1.165) is 61.9 Å². The largest absolute Gasteiger partial charge is 0.360 e. The average Bonchev–Trinajstić information content (AvgIpc) is 3.40. The van der Waals surface area contributed by atoms with E-state index in [1.54, 1.807) is 18.3 Å². The highest BCUT2D eigenvalue weighted by molar-refractivity contribution is 6.07. The molecule has 0 saturated carbocycles. The summed E-state index contributed by atoms with van der Waals surface area (Å²) < 4.78 is 32.2. The number of nitrogens with one attached hydrogen (secondary N) is 1. The van der Waals surface area contributed by atoms with Crippen molar-refractivity contribution in [2.45, 2.75) is 38.0 Å². The second-order valence-corrected chi connectivity index (χ2v) is 8.60. The second-order valence-electron chi connectivity index (χ2n) is 8.60. The maximum atomic E-state index is 13.5. The third-order valence-corrected chi connectivity index (χ3v) is 6.51. The summed E-state index contributed by atoms with van der Waals surface area (Å²) in [6.07, 6.45) is 5.86. The number of hydrogen-bond acceptors (Lipinski definition) is 4.